The second-order valence-electron chi connectivity index (χ2n) is 5.26. The Bertz CT molecular complexity index is 483. The molecule has 0 bridgehead atoms. The fraction of sp³-hybridized carbons (Fsp3) is 0.533. The number of piperidine rings is 1. The lowest BCUT2D eigenvalue weighted by Crippen LogP contribution is -2.39. The molecule has 0 unspecified atom stereocenters. The van der Waals surface area contributed by atoms with Crippen LogP contribution in [0, 0.1) is 5.92 Å². The van der Waals surface area contributed by atoms with E-state index in [1.807, 2.05) is 18.2 Å². The van der Waals surface area contributed by atoms with Gasteiger partial charge in [0.1, 0.15) is 0 Å². The molecule has 1 atom stereocenters. The first-order valence-electron chi connectivity index (χ1n) is 6.97. The predicted molar refractivity (Wildman–Crippen MR) is 83.8 cm³/mol. The highest BCUT2D eigenvalue weighted by Gasteiger charge is 2.24. The molecule has 1 heterocycles. The first-order valence-corrected chi connectivity index (χ1v) is 7.76. The Morgan fingerprint density at radius 3 is 2.60 bits per heavy atom. The Balaban J connectivity index is 2.04. The van der Waals surface area contributed by atoms with Crippen LogP contribution in [0.25, 0.3) is 0 Å². The topological polar surface area (TPSA) is 52.6 Å². The fourth-order valence-electron chi connectivity index (χ4n) is 2.66. The van der Waals surface area contributed by atoms with Crippen LogP contribution in [0.3, 0.4) is 0 Å². The summed E-state index contributed by atoms with van der Waals surface area (Å²) in [4.78, 5) is 13.9. The van der Waals surface area contributed by atoms with E-state index in [4.69, 9.17) is 0 Å². The highest BCUT2D eigenvalue weighted by atomic mass is 79.9. The molecule has 110 valence electrons. The van der Waals surface area contributed by atoms with Crippen LogP contribution in [-0.2, 0) is 4.79 Å². The van der Waals surface area contributed by atoms with Crippen molar-refractivity contribution in [3.05, 3.63) is 28.2 Å². The highest BCUT2D eigenvalue weighted by molar-refractivity contribution is 9.10. The van der Waals surface area contributed by atoms with Gasteiger partial charge in [0.05, 0.1) is 6.10 Å². The van der Waals surface area contributed by atoms with Gasteiger partial charge in [-0.05, 0) is 37.5 Å². The van der Waals surface area contributed by atoms with Gasteiger partial charge in [-0.3, -0.25) is 4.79 Å². The normalized spacial score (nSPS) is 17.9. The fourth-order valence-corrected chi connectivity index (χ4v) is 3.35. The molecule has 0 spiro atoms. The van der Waals surface area contributed by atoms with Crippen molar-refractivity contribution >= 4 is 27.5 Å². The van der Waals surface area contributed by atoms with Crippen molar-refractivity contribution in [3.63, 3.8) is 0 Å². The van der Waals surface area contributed by atoms with E-state index in [-0.39, 0.29) is 11.8 Å². The lowest BCUT2D eigenvalue weighted by molar-refractivity contribution is -0.125. The number of carbonyl (C=O) groups excluding carboxylic acids is 1. The molecule has 2 N–H and O–H groups in total. The summed E-state index contributed by atoms with van der Waals surface area (Å²) in [5, 5.41) is 12.4. The predicted octanol–water partition coefficient (Wildman–Crippen LogP) is 2.46. The smallest absolute Gasteiger partial charge is 0.222 e. The quantitative estimate of drug-likeness (QED) is 0.888. The standard InChI is InChI=1S/C15H21BrN2O2/c1-10(19)13-4-3-12(9-14(13)16)18-7-5-11(6-8-18)15(20)17-2/h3-4,9-11,19H,5-8H2,1-2H3,(H,17,20)/t10-/m0/s1. The molecule has 2 rings (SSSR count). The van der Waals surface area contributed by atoms with E-state index in [0.29, 0.717) is 0 Å². The summed E-state index contributed by atoms with van der Waals surface area (Å²) in [5.74, 6) is 0.284. The number of aliphatic hydroxyl groups is 1. The number of hydrogen-bond donors (Lipinski definition) is 2. The second-order valence-corrected chi connectivity index (χ2v) is 6.11. The number of rotatable bonds is 3. The highest BCUT2D eigenvalue weighted by Crippen LogP contribution is 2.30. The van der Waals surface area contributed by atoms with E-state index >= 15 is 0 Å². The minimum Gasteiger partial charge on any atom is -0.389 e. The lowest BCUT2D eigenvalue weighted by Gasteiger charge is -2.33. The number of nitrogens with one attached hydrogen (secondary N) is 1. The maximum atomic E-state index is 11.6. The first-order chi connectivity index (χ1) is 9.52. The summed E-state index contributed by atoms with van der Waals surface area (Å²) in [7, 11) is 1.70. The summed E-state index contributed by atoms with van der Waals surface area (Å²) in [6.45, 7) is 3.53. The van der Waals surface area contributed by atoms with Crippen molar-refractivity contribution in [1.29, 1.82) is 0 Å². The minimum atomic E-state index is -0.475. The van der Waals surface area contributed by atoms with Crippen molar-refractivity contribution in [3.8, 4) is 0 Å². The van der Waals surface area contributed by atoms with Crippen LogP contribution in [0.5, 0.6) is 0 Å². The van der Waals surface area contributed by atoms with Gasteiger partial charge >= 0.3 is 0 Å². The van der Waals surface area contributed by atoms with Crippen LogP contribution in [0.4, 0.5) is 5.69 Å². The Hall–Kier alpha value is -1.07. The van der Waals surface area contributed by atoms with Crippen LogP contribution < -0.4 is 10.2 Å². The molecule has 1 aliphatic rings. The number of amides is 1. The Labute approximate surface area is 128 Å². The number of nitrogens with zero attached hydrogens (tertiary/aromatic N) is 1. The molecular weight excluding hydrogens is 320 g/mol. The SMILES string of the molecule is CNC(=O)C1CCN(c2ccc([C@H](C)O)c(Br)c2)CC1. The molecule has 20 heavy (non-hydrogen) atoms. The average Bonchev–Trinajstić information content (AvgIpc) is 2.46. The average molecular weight is 341 g/mol. The third-order valence-electron chi connectivity index (χ3n) is 3.91. The van der Waals surface area contributed by atoms with E-state index in [0.717, 1.165) is 41.7 Å². The Morgan fingerprint density at radius 1 is 1.45 bits per heavy atom. The molecule has 1 fully saturated rings. The molecule has 0 radical (unpaired) electrons. The van der Waals surface area contributed by atoms with Gasteiger partial charge in [0.25, 0.3) is 0 Å². The van der Waals surface area contributed by atoms with E-state index in [1.165, 1.54) is 0 Å². The van der Waals surface area contributed by atoms with Gasteiger partial charge in [-0.1, -0.05) is 22.0 Å². The molecule has 1 aliphatic heterocycles. The summed E-state index contributed by atoms with van der Waals surface area (Å²) in [5.41, 5.74) is 2.03. The van der Waals surface area contributed by atoms with Gasteiger partial charge in [-0.15, -0.1) is 0 Å². The van der Waals surface area contributed by atoms with Crippen molar-refractivity contribution in [2.24, 2.45) is 5.92 Å². The Kier molecular flexibility index (Phi) is 5.05. The summed E-state index contributed by atoms with van der Waals surface area (Å²) in [6.07, 6.45) is 1.29. The molecule has 1 saturated heterocycles. The van der Waals surface area contributed by atoms with Gasteiger partial charge in [0.2, 0.25) is 5.91 Å². The zero-order valence-corrected chi connectivity index (χ0v) is 13.5. The Morgan fingerprint density at radius 2 is 2.10 bits per heavy atom. The molecule has 4 nitrogen and oxygen atoms in total. The van der Waals surface area contributed by atoms with E-state index in [2.05, 4.69) is 26.1 Å². The number of benzene rings is 1. The largest absolute Gasteiger partial charge is 0.389 e. The first kappa shape index (κ1) is 15.3. The van der Waals surface area contributed by atoms with Gasteiger partial charge in [-0.2, -0.15) is 0 Å². The monoisotopic (exact) mass is 340 g/mol. The maximum absolute atomic E-state index is 11.6. The summed E-state index contributed by atoms with van der Waals surface area (Å²) < 4.78 is 0.929. The molecule has 0 saturated carbocycles. The number of halogens is 1. The molecule has 1 aromatic rings. The number of hydrogen-bond acceptors (Lipinski definition) is 3. The van der Waals surface area contributed by atoms with Crippen molar-refractivity contribution < 1.29 is 9.90 Å². The zero-order valence-electron chi connectivity index (χ0n) is 11.9. The van der Waals surface area contributed by atoms with Crippen molar-refractivity contribution in [2.75, 3.05) is 25.0 Å². The molecular formula is C15H21BrN2O2. The van der Waals surface area contributed by atoms with Crippen LogP contribution in [0.1, 0.15) is 31.4 Å². The van der Waals surface area contributed by atoms with Gasteiger partial charge in [-0.25, -0.2) is 0 Å². The van der Waals surface area contributed by atoms with Gasteiger partial charge in [0, 0.05) is 36.2 Å². The van der Waals surface area contributed by atoms with Crippen LogP contribution >= 0.6 is 15.9 Å². The van der Waals surface area contributed by atoms with Crippen LogP contribution in [0.15, 0.2) is 22.7 Å². The summed E-state index contributed by atoms with van der Waals surface area (Å²) >= 11 is 3.51. The van der Waals surface area contributed by atoms with Gasteiger partial charge < -0.3 is 15.3 Å². The number of carbonyl (C=O) groups is 1. The maximum Gasteiger partial charge on any atom is 0.222 e. The molecule has 1 aromatic carbocycles. The minimum absolute atomic E-state index is 0.136. The van der Waals surface area contributed by atoms with Crippen LogP contribution in [-0.4, -0.2) is 31.2 Å². The molecule has 0 aliphatic carbocycles. The second kappa shape index (κ2) is 6.59. The molecule has 5 heteroatoms. The van der Waals surface area contributed by atoms with Crippen LogP contribution in [0.2, 0.25) is 0 Å². The lowest BCUT2D eigenvalue weighted by atomic mass is 9.95. The van der Waals surface area contributed by atoms with E-state index in [9.17, 15) is 9.90 Å². The summed E-state index contributed by atoms with van der Waals surface area (Å²) in [6, 6.07) is 6.03. The third kappa shape index (κ3) is 3.33. The number of aliphatic hydroxyl groups excluding tert-OH is 1. The van der Waals surface area contributed by atoms with Crippen molar-refractivity contribution in [2.45, 2.75) is 25.9 Å². The van der Waals surface area contributed by atoms with E-state index < -0.39 is 6.10 Å². The van der Waals surface area contributed by atoms with Gasteiger partial charge in [0.15, 0.2) is 0 Å². The van der Waals surface area contributed by atoms with E-state index in [1.54, 1.807) is 14.0 Å². The molecule has 0 aromatic heterocycles. The molecule has 1 amide bonds. The zero-order chi connectivity index (χ0) is 14.7. The van der Waals surface area contributed by atoms with Crippen molar-refractivity contribution in [1.82, 2.24) is 5.32 Å². The third-order valence-corrected chi connectivity index (χ3v) is 4.60. The number of anilines is 1.